The summed E-state index contributed by atoms with van der Waals surface area (Å²) in [7, 11) is 0. The summed E-state index contributed by atoms with van der Waals surface area (Å²) in [4.78, 5) is 14.8. The summed E-state index contributed by atoms with van der Waals surface area (Å²) in [6, 6.07) is 7.40. The Morgan fingerprint density at radius 3 is 2.60 bits per heavy atom. The van der Waals surface area contributed by atoms with Gasteiger partial charge in [0.25, 0.3) is 0 Å². The molecule has 1 N–H and O–H groups in total. The minimum atomic E-state index is -0.812. The zero-order valence-corrected chi connectivity index (χ0v) is 19.0. The van der Waals surface area contributed by atoms with Crippen molar-refractivity contribution in [2.75, 3.05) is 13.2 Å². The Labute approximate surface area is 179 Å². The van der Waals surface area contributed by atoms with Crippen molar-refractivity contribution >= 4 is 5.91 Å². The molecule has 2 unspecified atom stereocenters. The molecule has 1 aromatic carbocycles. The van der Waals surface area contributed by atoms with E-state index in [2.05, 4.69) is 6.07 Å². The van der Waals surface area contributed by atoms with Crippen LogP contribution in [0.3, 0.4) is 0 Å². The average molecular weight is 415 g/mol. The topological polar surface area (TPSA) is 82.8 Å². The van der Waals surface area contributed by atoms with Crippen LogP contribution in [0.1, 0.15) is 78.0 Å². The molecule has 0 aliphatic carbocycles. The number of rotatable bonds is 6. The number of hydrogen-bond donors (Lipinski definition) is 1. The number of carbonyl (C=O) groups excluding carboxylic acids is 1. The molecule has 1 saturated heterocycles. The molecule has 3 rings (SSSR count). The van der Waals surface area contributed by atoms with E-state index in [1.54, 1.807) is 19.9 Å². The maximum atomic E-state index is 12.8. The zero-order chi connectivity index (χ0) is 22.3. The molecule has 30 heavy (non-hydrogen) atoms. The Morgan fingerprint density at radius 1 is 1.33 bits per heavy atom. The predicted octanol–water partition coefficient (Wildman–Crippen LogP) is 3.97. The molecule has 2 atom stereocenters. The number of nitriles is 1. The second-order valence-corrected chi connectivity index (χ2v) is 10.2. The monoisotopic (exact) mass is 414 g/mol. The largest absolute Gasteiger partial charge is 0.487 e. The summed E-state index contributed by atoms with van der Waals surface area (Å²) in [5.74, 6) is 0.672. The Bertz CT molecular complexity index is 848. The molecule has 6 heteroatoms. The normalized spacial score (nSPS) is 23.7. The fourth-order valence-electron chi connectivity index (χ4n) is 5.03. The highest BCUT2D eigenvalue weighted by atomic mass is 16.5. The van der Waals surface area contributed by atoms with Crippen LogP contribution in [0.5, 0.6) is 5.75 Å². The van der Waals surface area contributed by atoms with E-state index in [-0.39, 0.29) is 17.9 Å². The third kappa shape index (κ3) is 4.48. The number of nitrogens with zero attached hydrogens (tertiary/aromatic N) is 2. The molecule has 2 aliphatic heterocycles. The third-order valence-electron chi connectivity index (χ3n) is 6.28. The van der Waals surface area contributed by atoms with Crippen molar-refractivity contribution < 1.29 is 19.4 Å². The van der Waals surface area contributed by atoms with E-state index in [0.29, 0.717) is 37.3 Å². The lowest BCUT2D eigenvalue weighted by Gasteiger charge is -2.53. The predicted molar refractivity (Wildman–Crippen MR) is 114 cm³/mol. The number of hydrogen-bond acceptors (Lipinski definition) is 5. The van der Waals surface area contributed by atoms with E-state index < -0.39 is 16.8 Å². The summed E-state index contributed by atoms with van der Waals surface area (Å²) in [6.45, 7) is 12.7. The van der Waals surface area contributed by atoms with Crippen molar-refractivity contribution in [2.45, 2.75) is 83.6 Å². The Balaban J connectivity index is 2.05. The fraction of sp³-hybridized carbons (Fsp3) is 0.667. The van der Waals surface area contributed by atoms with E-state index in [0.717, 1.165) is 12.0 Å². The van der Waals surface area contributed by atoms with Crippen molar-refractivity contribution in [3.05, 3.63) is 29.3 Å². The third-order valence-corrected chi connectivity index (χ3v) is 6.28. The van der Waals surface area contributed by atoms with E-state index in [4.69, 9.17) is 9.47 Å². The fourth-order valence-corrected chi connectivity index (χ4v) is 5.03. The van der Waals surface area contributed by atoms with Crippen LogP contribution in [0.25, 0.3) is 0 Å². The van der Waals surface area contributed by atoms with Gasteiger partial charge in [0, 0.05) is 18.5 Å². The second kappa shape index (κ2) is 7.86. The van der Waals surface area contributed by atoms with Gasteiger partial charge < -0.3 is 19.5 Å². The smallest absolute Gasteiger partial charge is 0.223 e. The van der Waals surface area contributed by atoms with Crippen molar-refractivity contribution in [3.8, 4) is 11.8 Å². The second-order valence-electron chi connectivity index (χ2n) is 10.2. The lowest BCUT2D eigenvalue weighted by Crippen LogP contribution is -2.58. The van der Waals surface area contributed by atoms with Gasteiger partial charge in [-0.3, -0.25) is 4.79 Å². The summed E-state index contributed by atoms with van der Waals surface area (Å²) in [6.07, 6.45) is 1.88. The maximum Gasteiger partial charge on any atom is 0.223 e. The summed E-state index contributed by atoms with van der Waals surface area (Å²) in [5.41, 5.74) is -0.635. The van der Waals surface area contributed by atoms with Crippen LogP contribution in [0.15, 0.2) is 18.2 Å². The summed E-state index contributed by atoms with van der Waals surface area (Å²) >= 11 is 0. The Hall–Kier alpha value is -2.10. The lowest BCUT2D eigenvalue weighted by molar-refractivity contribution is -0.165. The first-order valence-corrected chi connectivity index (χ1v) is 10.7. The first-order chi connectivity index (χ1) is 13.9. The van der Waals surface area contributed by atoms with Gasteiger partial charge in [-0.05, 0) is 72.6 Å². The molecule has 0 bridgehead atoms. The molecule has 0 radical (unpaired) electrons. The molecule has 6 nitrogen and oxygen atoms in total. The van der Waals surface area contributed by atoms with Gasteiger partial charge in [0.2, 0.25) is 5.91 Å². The molecule has 2 heterocycles. The van der Waals surface area contributed by atoms with Gasteiger partial charge >= 0.3 is 0 Å². The van der Waals surface area contributed by atoms with Crippen molar-refractivity contribution in [3.63, 3.8) is 0 Å². The van der Waals surface area contributed by atoms with Crippen LogP contribution in [0.4, 0.5) is 0 Å². The molecular formula is C24H34N2O4. The number of aliphatic hydroxyl groups is 1. The van der Waals surface area contributed by atoms with Gasteiger partial charge in [-0.25, -0.2) is 0 Å². The number of benzene rings is 1. The molecule has 1 fully saturated rings. The summed E-state index contributed by atoms with van der Waals surface area (Å²) in [5, 5.41) is 19.5. The molecule has 0 spiro atoms. The Morgan fingerprint density at radius 2 is 2.03 bits per heavy atom. The van der Waals surface area contributed by atoms with E-state index >= 15 is 0 Å². The van der Waals surface area contributed by atoms with Gasteiger partial charge in [-0.2, -0.15) is 5.26 Å². The van der Waals surface area contributed by atoms with Crippen LogP contribution < -0.4 is 4.74 Å². The number of fused-ring (bicyclic) bond motifs is 1. The van der Waals surface area contributed by atoms with Crippen molar-refractivity contribution in [2.24, 2.45) is 5.92 Å². The molecule has 0 saturated carbocycles. The minimum Gasteiger partial charge on any atom is -0.487 e. The highest BCUT2D eigenvalue weighted by Crippen LogP contribution is 2.52. The first-order valence-electron chi connectivity index (χ1n) is 10.7. The maximum absolute atomic E-state index is 12.8. The quantitative estimate of drug-likeness (QED) is 0.762. The number of likely N-dealkylation sites (tertiary alicyclic amines) is 1. The van der Waals surface area contributed by atoms with Gasteiger partial charge in [-0.1, -0.05) is 0 Å². The SMILES string of the molecule is CC(C)(O)CCOC(C)(C)C1C(N2CCCC2=O)c2cc(C#N)ccc2OC1(C)C. The molecule has 1 amide bonds. The van der Waals surface area contributed by atoms with E-state index in [1.807, 2.05) is 44.7 Å². The minimum absolute atomic E-state index is 0.128. The van der Waals surface area contributed by atoms with Crippen LogP contribution in [0.2, 0.25) is 0 Å². The zero-order valence-electron chi connectivity index (χ0n) is 19.0. The van der Waals surface area contributed by atoms with Crippen LogP contribution in [-0.4, -0.2) is 45.9 Å². The van der Waals surface area contributed by atoms with Crippen molar-refractivity contribution in [1.82, 2.24) is 4.90 Å². The lowest BCUT2D eigenvalue weighted by atomic mass is 9.69. The average Bonchev–Trinajstić information content (AvgIpc) is 3.03. The highest BCUT2D eigenvalue weighted by Gasteiger charge is 2.55. The van der Waals surface area contributed by atoms with E-state index in [9.17, 15) is 15.2 Å². The molecule has 164 valence electrons. The van der Waals surface area contributed by atoms with Gasteiger partial charge in [0.05, 0.1) is 41.4 Å². The number of amides is 1. The van der Waals surface area contributed by atoms with Gasteiger partial charge in [0.1, 0.15) is 11.4 Å². The van der Waals surface area contributed by atoms with Crippen LogP contribution in [0, 0.1) is 17.2 Å². The van der Waals surface area contributed by atoms with Gasteiger partial charge in [-0.15, -0.1) is 0 Å². The van der Waals surface area contributed by atoms with Crippen molar-refractivity contribution in [1.29, 1.82) is 5.26 Å². The molecular weight excluding hydrogens is 380 g/mol. The molecule has 1 aromatic rings. The first kappa shape index (κ1) is 22.6. The number of carbonyl (C=O) groups is 1. The Kier molecular flexibility index (Phi) is 5.92. The van der Waals surface area contributed by atoms with Crippen LogP contribution >= 0.6 is 0 Å². The number of ether oxygens (including phenoxy) is 2. The highest BCUT2D eigenvalue weighted by molar-refractivity contribution is 5.79. The van der Waals surface area contributed by atoms with Crippen LogP contribution in [-0.2, 0) is 9.53 Å². The molecule has 2 aliphatic rings. The van der Waals surface area contributed by atoms with Gasteiger partial charge in [0.15, 0.2) is 0 Å². The molecule has 0 aromatic heterocycles. The standard InChI is InChI=1S/C24H34N2O4/c1-22(2,28)11-13-29-23(3,4)21-20(26-12-7-8-19(26)27)17-14-16(15-25)9-10-18(17)30-24(21,5)6/h9-10,14,20-21,28H,7-8,11-13H2,1-6H3. The van der Waals surface area contributed by atoms with E-state index in [1.165, 1.54) is 0 Å². The summed E-state index contributed by atoms with van der Waals surface area (Å²) < 4.78 is 12.7.